The molecule has 5 heteroatoms. The molecule has 0 aliphatic heterocycles. The Morgan fingerprint density at radius 2 is 2.17 bits per heavy atom. The third kappa shape index (κ3) is 3.00. The highest BCUT2D eigenvalue weighted by molar-refractivity contribution is 7.09. The summed E-state index contributed by atoms with van der Waals surface area (Å²) in [4.78, 5) is 4.33. The third-order valence-corrected chi connectivity index (χ3v) is 3.28. The van der Waals surface area contributed by atoms with Crippen molar-refractivity contribution < 1.29 is 14.6 Å². The number of nitrogens with zero attached hydrogens (tertiary/aromatic N) is 1. The Morgan fingerprint density at radius 1 is 1.33 bits per heavy atom. The van der Waals surface area contributed by atoms with Crippen molar-refractivity contribution in [2.24, 2.45) is 0 Å². The van der Waals surface area contributed by atoms with Crippen LogP contribution >= 0.6 is 11.3 Å². The van der Waals surface area contributed by atoms with Crippen LogP contribution in [0.5, 0.6) is 11.5 Å². The SMILES string of the molecule is COc1ccc(CO)cc1OCc1csc(C)n1. The molecule has 4 nitrogen and oxygen atoms in total. The van der Waals surface area contributed by atoms with E-state index in [1.54, 1.807) is 36.6 Å². The Kier molecular flexibility index (Phi) is 4.17. The van der Waals surface area contributed by atoms with Gasteiger partial charge < -0.3 is 14.6 Å². The highest BCUT2D eigenvalue weighted by Gasteiger charge is 2.07. The average Bonchev–Trinajstić information content (AvgIpc) is 2.81. The smallest absolute Gasteiger partial charge is 0.162 e. The van der Waals surface area contributed by atoms with Crippen LogP contribution in [0.25, 0.3) is 0 Å². The second-order valence-corrected chi connectivity index (χ2v) is 4.85. The molecule has 0 aliphatic carbocycles. The number of hydrogen-bond donors (Lipinski definition) is 1. The summed E-state index contributed by atoms with van der Waals surface area (Å²) in [6, 6.07) is 5.37. The van der Waals surface area contributed by atoms with E-state index in [1.165, 1.54) is 0 Å². The van der Waals surface area contributed by atoms with Gasteiger partial charge in [0, 0.05) is 5.38 Å². The lowest BCUT2D eigenvalue weighted by molar-refractivity contribution is 0.270. The van der Waals surface area contributed by atoms with Crippen LogP contribution in [0.2, 0.25) is 0 Å². The summed E-state index contributed by atoms with van der Waals surface area (Å²) in [7, 11) is 1.59. The summed E-state index contributed by atoms with van der Waals surface area (Å²) in [5.41, 5.74) is 1.69. The minimum Gasteiger partial charge on any atom is -0.493 e. The van der Waals surface area contributed by atoms with Crippen LogP contribution in [0.3, 0.4) is 0 Å². The molecule has 0 aliphatic rings. The standard InChI is InChI=1S/C13H15NO3S/c1-9-14-11(8-18-9)7-17-13-5-10(6-15)3-4-12(13)16-2/h3-5,8,15H,6-7H2,1-2H3. The minimum absolute atomic E-state index is 0.0177. The quantitative estimate of drug-likeness (QED) is 0.902. The first-order valence-corrected chi connectivity index (χ1v) is 6.42. The summed E-state index contributed by atoms with van der Waals surface area (Å²) in [6.45, 7) is 2.34. The molecule has 1 N–H and O–H groups in total. The van der Waals surface area contributed by atoms with Gasteiger partial charge in [-0.1, -0.05) is 6.07 Å². The van der Waals surface area contributed by atoms with E-state index < -0.39 is 0 Å². The summed E-state index contributed by atoms with van der Waals surface area (Å²) in [5.74, 6) is 1.27. The summed E-state index contributed by atoms with van der Waals surface area (Å²) in [5, 5.41) is 12.1. The van der Waals surface area contributed by atoms with Gasteiger partial charge in [-0.3, -0.25) is 0 Å². The van der Waals surface area contributed by atoms with Crippen LogP contribution in [-0.4, -0.2) is 17.2 Å². The van der Waals surface area contributed by atoms with Crippen LogP contribution in [0.4, 0.5) is 0 Å². The number of ether oxygens (including phenoxy) is 2. The first kappa shape index (κ1) is 12.9. The lowest BCUT2D eigenvalue weighted by Crippen LogP contribution is -1.99. The molecule has 2 rings (SSSR count). The number of benzene rings is 1. The Morgan fingerprint density at radius 3 is 2.78 bits per heavy atom. The normalized spacial score (nSPS) is 10.4. The van der Waals surface area contributed by atoms with Gasteiger partial charge >= 0.3 is 0 Å². The number of rotatable bonds is 5. The Balaban J connectivity index is 2.11. The Labute approximate surface area is 110 Å². The van der Waals surface area contributed by atoms with Crippen molar-refractivity contribution in [1.29, 1.82) is 0 Å². The van der Waals surface area contributed by atoms with Crippen LogP contribution < -0.4 is 9.47 Å². The van der Waals surface area contributed by atoms with Gasteiger partial charge in [0.25, 0.3) is 0 Å². The lowest BCUT2D eigenvalue weighted by Gasteiger charge is -2.10. The van der Waals surface area contributed by atoms with E-state index in [4.69, 9.17) is 14.6 Å². The number of hydrogen-bond acceptors (Lipinski definition) is 5. The Bertz CT molecular complexity index is 525. The van der Waals surface area contributed by atoms with Crippen LogP contribution in [0.1, 0.15) is 16.3 Å². The van der Waals surface area contributed by atoms with Crippen molar-refractivity contribution in [2.75, 3.05) is 7.11 Å². The maximum atomic E-state index is 9.11. The third-order valence-electron chi connectivity index (χ3n) is 2.45. The number of aromatic nitrogens is 1. The molecular weight excluding hydrogens is 250 g/mol. The zero-order chi connectivity index (χ0) is 13.0. The zero-order valence-corrected chi connectivity index (χ0v) is 11.2. The van der Waals surface area contributed by atoms with Gasteiger partial charge in [-0.25, -0.2) is 4.98 Å². The van der Waals surface area contributed by atoms with Gasteiger partial charge in [0.1, 0.15) is 6.61 Å². The molecule has 0 radical (unpaired) electrons. The molecule has 0 spiro atoms. The van der Waals surface area contributed by atoms with Gasteiger partial charge in [0.05, 0.1) is 24.4 Å². The number of aliphatic hydroxyl groups is 1. The fourth-order valence-corrected chi connectivity index (χ4v) is 2.16. The maximum Gasteiger partial charge on any atom is 0.162 e. The molecule has 1 aromatic carbocycles. The molecule has 0 saturated heterocycles. The second-order valence-electron chi connectivity index (χ2n) is 3.79. The van der Waals surface area contributed by atoms with Crippen molar-refractivity contribution in [3.05, 3.63) is 39.8 Å². The molecule has 0 fully saturated rings. The number of aryl methyl sites for hydroxylation is 1. The molecule has 1 heterocycles. The van der Waals surface area contributed by atoms with E-state index in [9.17, 15) is 0 Å². The monoisotopic (exact) mass is 265 g/mol. The van der Waals surface area contributed by atoms with Gasteiger partial charge in [-0.05, 0) is 24.6 Å². The minimum atomic E-state index is -0.0177. The van der Waals surface area contributed by atoms with Gasteiger partial charge in [0.2, 0.25) is 0 Å². The molecule has 18 heavy (non-hydrogen) atoms. The van der Waals surface area contributed by atoms with Crippen molar-refractivity contribution in [3.8, 4) is 11.5 Å². The van der Waals surface area contributed by atoms with Gasteiger partial charge in [-0.2, -0.15) is 0 Å². The average molecular weight is 265 g/mol. The van der Waals surface area contributed by atoms with E-state index in [1.807, 2.05) is 12.3 Å². The predicted molar refractivity (Wildman–Crippen MR) is 70.1 cm³/mol. The number of methoxy groups -OCH3 is 1. The predicted octanol–water partition coefficient (Wildman–Crippen LogP) is 2.53. The topological polar surface area (TPSA) is 51.6 Å². The highest BCUT2D eigenvalue weighted by Crippen LogP contribution is 2.28. The first-order valence-electron chi connectivity index (χ1n) is 5.54. The van der Waals surface area contributed by atoms with Crippen LogP contribution in [0, 0.1) is 6.92 Å². The van der Waals surface area contributed by atoms with E-state index >= 15 is 0 Å². The largest absolute Gasteiger partial charge is 0.493 e. The molecule has 1 aromatic heterocycles. The van der Waals surface area contributed by atoms with Crippen molar-refractivity contribution >= 4 is 11.3 Å². The highest BCUT2D eigenvalue weighted by atomic mass is 32.1. The molecule has 0 saturated carbocycles. The van der Waals surface area contributed by atoms with E-state index in [0.29, 0.717) is 18.1 Å². The zero-order valence-electron chi connectivity index (χ0n) is 10.3. The molecule has 96 valence electrons. The summed E-state index contributed by atoms with van der Waals surface area (Å²) < 4.78 is 10.9. The molecule has 0 amide bonds. The number of aliphatic hydroxyl groups excluding tert-OH is 1. The van der Waals surface area contributed by atoms with Gasteiger partial charge in [0.15, 0.2) is 11.5 Å². The molecule has 0 bridgehead atoms. The molecular formula is C13H15NO3S. The van der Waals surface area contributed by atoms with Crippen LogP contribution in [0.15, 0.2) is 23.6 Å². The maximum absolute atomic E-state index is 9.11. The second kappa shape index (κ2) is 5.84. The fraction of sp³-hybridized carbons (Fsp3) is 0.308. The van der Waals surface area contributed by atoms with E-state index in [0.717, 1.165) is 16.3 Å². The van der Waals surface area contributed by atoms with Crippen LogP contribution in [-0.2, 0) is 13.2 Å². The summed E-state index contributed by atoms with van der Waals surface area (Å²) in [6.07, 6.45) is 0. The first-order chi connectivity index (χ1) is 8.72. The van der Waals surface area contributed by atoms with E-state index in [-0.39, 0.29) is 6.61 Å². The van der Waals surface area contributed by atoms with E-state index in [2.05, 4.69) is 4.98 Å². The lowest BCUT2D eigenvalue weighted by atomic mass is 10.2. The fourth-order valence-electron chi connectivity index (χ4n) is 1.56. The van der Waals surface area contributed by atoms with Crippen molar-refractivity contribution in [2.45, 2.75) is 20.1 Å². The summed E-state index contributed by atoms with van der Waals surface area (Å²) >= 11 is 1.59. The molecule has 0 atom stereocenters. The molecule has 2 aromatic rings. The Hall–Kier alpha value is -1.59. The molecule has 0 unspecified atom stereocenters. The van der Waals surface area contributed by atoms with Gasteiger partial charge in [-0.15, -0.1) is 11.3 Å². The number of thiazole rings is 1. The van der Waals surface area contributed by atoms with Crippen molar-refractivity contribution in [3.63, 3.8) is 0 Å². The van der Waals surface area contributed by atoms with Crippen molar-refractivity contribution in [1.82, 2.24) is 4.98 Å².